The number of aryl methyl sites for hydroxylation is 2. The molecule has 2 aromatic rings. The van der Waals surface area contributed by atoms with Gasteiger partial charge in [-0.2, -0.15) is 10.2 Å². The lowest BCUT2D eigenvalue weighted by molar-refractivity contribution is 0.798. The van der Waals surface area contributed by atoms with E-state index in [0.29, 0.717) is 0 Å². The zero-order chi connectivity index (χ0) is 8.55. The highest BCUT2D eigenvalue weighted by Gasteiger charge is 2.02. The standard InChI is InChI=1S/C8H10N4/c1-6-5-7(2)12(11-6)8-3-4-9-10-8/h3-5H,1-2H3,(H,9,10). The molecule has 0 aliphatic carbocycles. The Morgan fingerprint density at radius 2 is 2.25 bits per heavy atom. The molecule has 0 bridgehead atoms. The van der Waals surface area contributed by atoms with Crippen LogP contribution in [0.5, 0.6) is 0 Å². The second-order valence-electron chi connectivity index (χ2n) is 2.78. The second kappa shape index (κ2) is 2.48. The third-order valence-electron chi connectivity index (χ3n) is 1.72. The maximum Gasteiger partial charge on any atom is 0.149 e. The number of hydrogen-bond acceptors (Lipinski definition) is 2. The summed E-state index contributed by atoms with van der Waals surface area (Å²) in [5.74, 6) is 0.903. The van der Waals surface area contributed by atoms with Crippen LogP contribution in [0.2, 0.25) is 0 Å². The zero-order valence-corrected chi connectivity index (χ0v) is 7.07. The van der Waals surface area contributed by atoms with Gasteiger partial charge in [0.2, 0.25) is 0 Å². The number of aromatic amines is 1. The molecule has 0 atom stereocenters. The van der Waals surface area contributed by atoms with Gasteiger partial charge in [-0.25, -0.2) is 4.68 Å². The molecule has 0 saturated carbocycles. The molecule has 0 amide bonds. The summed E-state index contributed by atoms with van der Waals surface area (Å²) in [5.41, 5.74) is 2.12. The lowest BCUT2D eigenvalue weighted by Crippen LogP contribution is -1.98. The number of nitrogens with one attached hydrogen (secondary N) is 1. The van der Waals surface area contributed by atoms with Gasteiger partial charge in [0.05, 0.1) is 11.9 Å². The largest absolute Gasteiger partial charge is 0.261 e. The Morgan fingerprint density at radius 3 is 2.75 bits per heavy atom. The number of nitrogens with zero attached hydrogens (tertiary/aromatic N) is 3. The van der Waals surface area contributed by atoms with Gasteiger partial charge in [-0.05, 0) is 19.9 Å². The van der Waals surface area contributed by atoms with Crippen LogP contribution in [-0.2, 0) is 0 Å². The van der Waals surface area contributed by atoms with Crippen molar-refractivity contribution in [3.63, 3.8) is 0 Å². The summed E-state index contributed by atoms with van der Waals surface area (Å²) in [4.78, 5) is 0. The SMILES string of the molecule is Cc1cc(C)n(-c2ccn[nH]2)n1. The number of hydrogen-bond donors (Lipinski definition) is 1. The molecule has 62 valence electrons. The number of rotatable bonds is 1. The van der Waals surface area contributed by atoms with Crippen LogP contribution in [0.3, 0.4) is 0 Å². The van der Waals surface area contributed by atoms with E-state index in [-0.39, 0.29) is 0 Å². The first-order chi connectivity index (χ1) is 5.77. The molecule has 0 unspecified atom stereocenters. The van der Waals surface area contributed by atoms with Crippen LogP contribution < -0.4 is 0 Å². The fourth-order valence-electron chi connectivity index (χ4n) is 1.24. The lowest BCUT2D eigenvalue weighted by atomic mass is 10.4. The Hall–Kier alpha value is -1.58. The molecule has 0 spiro atoms. The van der Waals surface area contributed by atoms with Crippen LogP contribution in [0.15, 0.2) is 18.3 Å². The van der Waals surface area contributed by atoms with E-state index < -0.39 is 0 Å². The van der Waals surface area contributed by atoms with E-state index in [1.54, 1.807) is 6.20 Å². The van der Waals surface area contributed by atoms with E-state index in [1.165, 1.54) is 0 Å². The third-order valence-corrected chi connectivity index (χ3v) is 1.72. The van der Waals surface area contributed by atoms with Crippen molar-refractivity contribution >= 4 is 0 Å². The van der Waals surface area contributed by atoms with Crippen molar-refractivity contribution in [2.75, 3.05) is 0 Å². The first-order valence-corrected chi connectivity index (χ1v) is 3.80. The van der Waals surface area contributed by atoms with Crippen LogP contribution >= 0.6 is 0 Å². The Kier molecular flexibility index (Phi) is 1.46. The van der Waals surface area contributed by atoms with E-state index in [9.17, 15) is 0 Å². The van der Waals surface area contributed by atoms with Crippen LogP contribution in [0.1, 0.15) is 11.4 Å². The molecule has 0 fully saturated rings. The molecule has 1 N–H and O–H groups in total. The van der Waals surface area contributed by atoms with Crippen molar-refractivity contribution in [1.82, 2.24) is 20.0 Å². The average molecular weight is 162 g/mol. The maximum atomic E-state index is 4.30. The highest BCUT2D eigenvalue weighted by molar-refractivity contribution is 5.23. The number of H-pyrrole nitrogens is 1. The van der Waals surface area contributed by atoms with Crippen molar-refractivity contribution in [3.05, 3.63) is 29.7 Å². The van der Waals surface area contributed by atoms with Crippen LogP contribution in [0.4, 0.5) is 0 Å². The van der Waals surface area contributed by atoms with Crippen LogP contribution in [0, 0.1) is 13.8 Å². The van der Waals surface area contributed by atoms with Gasteiger partial charge in [0, 0.05) is 11.8 Å². The van der Waals surface area contributed by atoms with Crippen molar-refractivity contribution < 1.29 is 0 Å². The van der Waals surface area contributed by atoms with Gasteiger partial charge >= 0.3 is 0 Å². The molecule has 0 saturated heterocycles. The molecule has 12 heavy (non-hydrogen) atoms. The second-order valence-corrected chi connectivity index (χ2v) is 2.78. The van der Waals surface area contributed by atoms with E-state index in [4.69, 9.17) is 0 Å². The minimum atomic E-state index is 0.903. The fourth-order valence-corrected chi connectivity index (χ4v) is 1.24. The molecule has 0 aromatic carbocycles. The Balaban J connectivity index is 2.54. The van der Waals surface area contributed by atoms with E-state index >= 15 is 0 Å². The quantitative estimate of drug-likeness (QED) is 0.685. The Bertz CT molecular complexity index is 372. The van der Waals surface area contributed by atoms with Gasteiger partial charge < -0.3 is 0 Å². The summed E-state index contributed by atoms with van der Waals surface area (Å²) in [6.45, 7) is 3.99. The van der Waals surface area contributed by atoms with Gasteiger partial charge in [0.15, 0.2) is 0 Å². The smallest absolute Gasteiger partial charge is 0.149 e. The van der Waals surface area contributed by atoms with Crippen LogP contribution in [-0.4, -0.2) is 20.0 Å². The van der Waals surface area contributed by atoms with Crippen molar-refractivity contribution in [3.8, 4) is 5.82 Å². The van der Waals surface area contributed by atoms with Gasteiger partial charge in [-0.15, -0.1) is 0 Å². The fraction of sp³-hybridized carbons (Fsp3) is 0.250. The van der Waals surface area contributed by atoms with E-state index in [0.717, 1.165) is 17.2 Å². The highest BCUT2D eigenvalue weighted by atomic mass is 15.3. The first kappa shape index (κ1) is 7.09. The molecule has 4 nitrogen and oxygen atoms in total. The zero-order valence-electron chi connectivity index (χ0n) is 7.07. The predicted molar refractivity (Wildman–Crippen MR) is 45.2 cm³/mol. The average Bonchev–Trinajstić information content (AvgIpc) is 2.58. The minimum absolute atomic E-state index is 0.903. The molecule has 2 aromatic heterocycles. The normalized spacial score (nSPS) is 10.5. The first-order valence-electron chi connectivity index (χ1n) is 3.80. The van der Waals surface area contributed by atoms with E-state index in [2.05, 4.69) is 15.3 Å². The summed E-state index contributed by atoms with van der Waals surface area (Å²) in [6.07, 6.45) is 1.71. The molecule has 2 rings (SSSR count). The maximum absolute atomic E-state index is 4.30. The highest BCUT2D eigenvalue weighted by Crippen LogP contribution is 2.07. The van der Waals surface area contributed by atoms with Crippen molar-refractivity contribution in [2.45, 2.75) is 13.8 Å². The van der Waals surface area contributed by atoms with Gasteiger partial charge in [0.1, 0.15) is 5.82 Å². The number of aromatic nitrogens is 4. The molecular weight excluding hydrogens is 152 g/mol. The molecule has 0 aliphatic heterocycles. The lowest BCUT2D eigenvalue weighted by Gasteiger charge is -1.97. The molecule has 0 radical (unpaired) electrons. The van der Waals surface area contributed by atoms with Crippen molar-refractivity contribution in [1.29, 1.82) is 0 Å². The van der Waals surface area contributed by atoms with E-state index in [1.807, 2.05) is 30.7 Å². The molecular formula is C8H10N4. The Morgan fingerprint density at radius 1 is 1.42 bits per heavy atom. The van der Waals surface area contributed by atoms with Crippen molar-refractivity contribution in [2.24, 2.45) is 0 Å². The van der Waals surface area contributed by atoms with Gasteiger partial charge in [0.25, 0.3) is 0 Å². The summed E-state index contributed by atoms with van der Waals surface area (Å²) in [7, 11) is 0. The topological polar surface area (TPSA) is 46.5 Å². The third kappa shape index (κ3) is 1.01. The summed E-state index contributed by atoms with van der Waals surface area (Å²) >= 11 is 0. The van der Waals surface area contributed by atoms with Crippen LogP contribution in [0.25, 0.3) is 5.82 Å². The minimum Gasteiger partial charge on any atom is -0.261 e. The molecule has 0 aliphatic rings. The summed E-state index contributed by atoms with van der Waals surface area (Å²) in [6, 6.07) is 3.92. The molecule has 4 heteroatoms. The predicted octanol–water partition coefficient (Wildman–Crippen LogP) is 1.21. The summed E-state index contributed by atoms with van der Waals surface area (Å²) in [5, 5.41) is 11.0. The monoisotopic (exact) mass is 162 g/mol. The summed E-state index contributed by atoms with van der Waals surface area (Å²) < 4.78 is 1.84. The van der Waals surface area contributed by atoms with Gasteiger partial charge in [-0.3, -0.25) is 5.10 Å². The van der Waals surface area contributed by atoms with Gasteiger partial charge in [-0.1, -0.05) is 0 Å². The Labute approximate surface area is 70.2 Å². The molecule has 2 heterocycles.